The summed E-state index contributed by atoms with van der Waals surface area (Å²) in [4.78, 5) is 14.6. The van der Waals surface area contributed by atoms with Crippen molar-refractivity contribution in [2.45, 2.75) is 33.1 Å². The summed E-state index contributed by atoms with van der Waals surface area (Å²) < 4.78 is 0. The largest absolute Gasteiger partial charge is 0.376 e. The van der Waals surface area contributed by atoms with Crippen LogP contribution in [-0.4, -0.2) is 25.5 Å². The summed E-state index contributed by atoms with van der Waals surface area (Å²) >= 11 is 0. The number of hydrogen-bond acceptors (Lipinski definition) is 3. The summed E-state index contributed by atoms with van der Waals surface area (Å²) in [5.41, 5.74) is 5.56. The summed E-state index contributed by atoms with van der Waals surface area (Å²) in [6.45, 7) is 6.72. The molecule has 1 fully saturated rings. The van der Waals surface area contributed by atoms with Gasteiger partial charge < -0.3 is 15.5 Å². The normalized spacial score (nSPS) is 13.8. The average molecular weight is 337 g/mol. The molecular weight excluding hydrogens is 310 g/mol. The second-order valence-electron chi connectivity index (χ2n) is 6.61. The maximum Gasteiger partial charge on any atom is 0.243 e. The van der Waals surface area contributed by atoms with Gasteiger partial charge in [-0.25, -0.2) is 0 Å². The van der Waals surface area contributed by atoms with Crippen molar-refractivity contribution < 1.29 is 4.79 Å². The van der Waals surface area contributed by atoms with E-state index in [1.165, 1.54) is 29.7 Å². The fourth-order valence-corrected chi connectivity index (χ4v) is 3.38. The second-order valence-corrected chi connectivity index (χ2v) is 6.61. The first kappa shape index (κ1) is 17.3. The Kier molecular flexibility index (Phi) is 5.59. The summed E-state index contributed by atoms with van der Waals surface area (Å²) in [7, 11) is 0. The highest BCUT2D eigenvalue weighted by molar-refractivity contribution is 5.94. The van der Waals surface area contributed by atoms with Gasteiger partial charge in [-0.1, -0.05) is 25.1 Å². The zero-order valence-electron chi connectivity index (χ0n) is 15.1. The van der Waals surface area contributed by atoms with Crippen molar-refractivity contribution in [2.75, 3.05) is 35.2 Å². The van der Waals surface area contributed by atoms with E-state index in [2.05, 4.69) is 59.7 Å². The molecule has 0 bridgehead atoms. The zero-order chi connectivity index (χ0) is 17.6. The molecule has 3 rings (SSSR count). The van der Waals surface area contributed by atoms with Crippen molar-refractivity contribution in [2.24, 2.45) is 0 Å². The smallest absolute Gasteiger partial charge is 0.243 e. The van der Waals surface area contributed by atoms with E-state index < -0.39 is 0 Å². The van der Waals surface area contributed by atoms with Crippen molar-refractivity contribution in [1.82, 2.24) is 0 Å². The summed E-state index contributed by atoms with van der Waals surface area (Å²) in [5.74, 6) is -0.0285. The van der Waals surface area contributed by atoms with E-state index in [-0.39, 0.29) is 12.5 Å². The Labute approximate surface area is 150 Å². The van der Waals surface area contributed by atoms with Gasteiger partial charge in [-0.3, -0.25) is 4.79 Å². The molecule has 1 aliphatic rings. The Morgan fingerprint density at radius 1 is 1.08 bits per heavy atom. The third kappa shape index (κ3) is 4.32. The Morgan fingerprint density at radius 2 is 1.80 bits per heavy atom. The Bertz CT molecular complexity index is 718. The number of hydrogen-bond donors (Lipinski definition) is 2. The Hall–Kier alpha value is -2.49. The molecule has 0 atom stereocenters. The van der Waals surface area contributed by atoms with Crippen molar-refractivity contribution >= 4 is 23.0 Å². The number of aryl methyl sites for hydroxylation is 2. The Balaban J connectivity index is 1.56. The van der Waals surface area contributed by atoms with Crippen LogP contribution >= 0.6 is 0 Å². The number of para-hydroxylation sites is 1. The van der Waals surface area contributed by atoms with Gasteiger partial charge in [-0.2, -0.15) is 0 Å². The van der Waals surface area contributed by atoms with Crippen molar-refractivity contribution in [3.63, 3.8) is 0 Å². The van der Waals surface area contributed by atoms with Gasteiger partial charge in [0.05, 0.1) is 6.54 Å². The van der Waals surface area contributed by atoms with Gasteiger partial charge in [0.2, 0.25) is 5.91 Å². The number of carbonyl (C=O) groups excluding carboxylic acids is 1. The molecule has 2 aromatic carbocycles. The molecule has 2 N–H and O–H groups in total. The SMILES string of the molecule is CCc1cccc(C)c1NCC(=O)Nc1ccc(N2CCCC2)cc1. The monoisotopic (exact) mass is 337 g/mol. The van der Waals surface area contributed by atoms with Crippen LogP contribution in [0.2, 0.25) is 0 Å². The van der Waals surface area contributed by atoms with E-state index in [9.17, 15) is 4.79 Å². The highest BCUT2D eigenvalue weighted by Gasteiger charge is 2.12. The van der Waals surface area contributed by atoms with Gasteiger partial charge in [-0.15, -0.1) is 0 Å². The molecular formula is C21H27N3O. The van der Waals surface area contributed by atoms with Gasteiger partial charge in [0, 0.05) is 30.2 Å². The van der Waals surface area contributed by atoms with Crippen LogP contribution in [0.25, 0.3) is 0 Å². The topological polar surface area (TPSA) is 44.4 Å². The van der Waals surface area contributed by atoms with E-state index in [1.54, 1.807) is 0 Å². The number of amides is 1. The molecule has 0 spiro atoms. The van der Waals surface area contributed by atoms with Gasteiger partial charge >= 0.3 is 0 Å². The zero-order valence-corrected chi connectivity index (χ0v) is 15.1. The standard InChI is InChI=1S/C21H27N3O/c1-3-17-8-6-7-16(2)21(17)22-15-20(25)23-18-9-11-19(12-10-18)24-13-4-5-14-24/h6-12,22H,3-5,13-15H2,1-2H3,(H,23,25). The van der Waals surface area contributed by atoms with Crippen LogP contribution < -0.4 is 15.5 Å². The number of rotatable bonds is 6. The molecule has 0 aromatic heterocycles. The molecule has 2 aromatic rings. The molecule has 1 saturated heterocycles. The molecule has 1 heterocycles. The lowest BCUT2D eigenvalue weighted by molar-refractivity contribution is -0.114. The molecule has 25 heavy (non-hydrogen) atoms. The number of benzene rings is 2. The fraction of sp³-hybridized carbons (Fsp3) is 0.381. The maximum atomic E-state index is 12.3. The molecule has 0 saturated carbocycles. The molecule has 132 valence electrons. The van der Waals surface area contributed by atoms with Crippen LogP contribution in [0.3, 0.4) is 0 Å². The fourth-order valence-electron chi connectivity index (χ4n) is 3.38. The minimum absolute atomic E-state index is 0.0285. The number of carbonyl (C=O) groups is 1. The molecule has 0 aliphatic carbocycles. The van der Waals surface area contributed by atoms with Gasteiger partial charge in [0.25, 0.3) is 0 Å². The Morgan fingerprint density at radius 3 is 2.48 bits per heavy atom. The second kappa shape index (κ2) is 8.06. The van der Waals surface area contributed by atoms with E-state index in [0.717, 1.165) is 30.9 Å². The quantitative estimate of drug-likeness (QED) is 0.830. The summed E-state index contributed by atoms with van der Waals surface area (Å²) in [6, 6.07) is 14.4. The van der Waals surface area contributed by atoms with Crippen molar-refractivity contribution in [1.29, 1.82) is 0 Å². The van der Waals surface area contributed by atoms with Crippen molar-refractivity contribution in [3.05, 3.63) is 53.6 Å². The average Bonchev–Trinajstić information content (AvgIpc) is 3.15. The molecule has 4 heteroatoms. The van der Waals surface area contributed by atoms with Gasteiger partial charge in [-0.05, 0) is 61.6 Å². The van der Waals surface area contributed by atoms with Crippen LogP contribution in [0.4, 0.5) is 17.1 Å². The van der Waals surface area contributed by atoms with Crippen molar-refractivity contribution in [3.8, 4) is 0 Å². The van der Waals surface area contributed by atoms with E-state index >= 15 is 0 Å². The van der Waals surface area contributed by atoms with Crippen LogP contribution in [0.1, 0.15) is 30.9 Å². The highest BCUT2D eigenvalue weighted by Crippen LogP contribution is 2.23. The number of nitrogens with zero attached hydrogens (tertiary/aromatic N) is 1. The van der Waals surface area contributed by atoms with Crippen LogP contribution in [-0.2, 0) is 11.2 Å². The molecule has 0 unspecified atom stereocenters. The van der Waals surface area contributed by atoms with E-state index in [1.807, 2.05) is 12.1 Å². The van der Waals surface area contributed by atoms with E-state index in [4.69, 9.17) is 0 Å². The predicted octanol–water partition coefficient (Wildman–Crippen LogP) is 4.21. The number of nitrogens with one attached hydrogen (secondary N) is 2. The van der Waals surface area contributed by atoms with Crippen LogP contribution in [0.5, 0.6) is 0 Å². The molecule has 4 nitrogen and oxygen atoms in total. The van der Waals surface area contributed by atoms with E-state index in [0.29, 0.717) is 0 Å². The van der Waals surface area contributed by atoms with Gasteiger partial charge in [0.15, 0.2) is 0 Å². The highest BCUT2D eigenvalue weighted by atomic mass is 16.1. The first-order valence-electron chi connectivity index (χ1n) is 9.14. The molecule has 0 radical (unpaired) electrons. The first-order chi connectivity index (χ1) is 12.2. The lowest BCUT2D eigenvalue weighted by Gasteiger charge is -2.18. The maximum absolute atomic E-state index is 12.3. The minimum Gasteiger partial charge on any atom is -0.376 e. The summed E-state index contributed by atoms with van der Waals surface area (Å²) in [6.07, 6.45) is 3.48. The van der Waals surface area contributed by atoms with Gasteiger partial charge in [0.1, 0.15) is 0 Å². The third-order valence-corrected chi connectivity index (χ3v) is 4.79. The lowest BCUT2D eigenvalue weighted by Crippen LogP contribution is -2.22. The lowest BCUT2D eigenvalue weighted by atomic mass is 10.1. The summed E-state index contributed by atoms with van der Waals surface area (Å²) in [5, 5.41) is 6.26. The molecule has 1 aliphatic heterocycles. The predicted molar refractivity (Wildman–Crippen MR) is 106 cm³/mol. The van der Waals surface area contributed by atoms with Crippen LogP contribution in [0.15, 0.2) is 42.5 Å². The first-order valence-corrected chi connectivity index (χ1v) is 9.14. The van der Waals surface area contributed by atoms with Crippen LogP contribution in [0, 0.1) is 6.92 Å². The molecule has 1 amide bonds. The minimum atomic E-state index is -0.0285. The number of anilines is 3. The third-order valence-electron chi connectivity index (χ3n) is 4.79.